The van der Waals surface area contributed by atoms with Gasteiger partial charge in [0.15, 0.2) is 5.82 Å². The van der Waals surface area contributed by atoms with E-state index in [1.54, 1.807) is 29.3 Å². The number of carbonyl (C=O) groups excluding carboxylic acids is 1. The van der Waals surface area contributed by atoms with E-state index in [-0.39, 0.29) is 11.9 Å². The Morgan fingerprint density at radius 3 is 2.95 bits per heavy atom. The van der Waals surface area contributed by atoms with Gasteiger partial charge >= 0.3 is 0 Å². The summed E-state index contributed by atoms with van der Waals surface area (Å²) in [7, 11) is 2.08. The molecule has 0 aromatic carbocycles. The number of amides is 1. The lowest BCUT2D eigenvalue weighted by Crippen LogP contribution is -2.52. The molecule has 1 saturated heterocycles. The van der Waals surface area contributed by atoms with Crippen molar-refractivity contribution >= 4 is 5.91 Å². The zero-order valence-corrected chi connectivity index (χ0v) is 12.2. The van der Waals surface area contributed by atoms with E-state index in [1.807, 2.05) is 4.90 Å². The molecule has 1 aliphatic heterocycles. The van der Waals surface area contributed by atoms with Gasteiger partial charge in [0.1, 0.15) is 12.7 Å². The van der Waals surface area contributed by atoms with Crippen molar-refractivity contribution in [3.05, 3.63) is 36.5 Å². The SMILES string of the molecule is CC1CN(C)CCN1C(=O)c1ccnc(-n2cncn2)c1. The molecule has 3 heterocycles. The highest BCUT2D eigenvalue weighted by Crippen LogP contribution is 2.14. The molecule has 1 unspecified atom stereocenters. The molecule has 1 fully saturated rings. The number of likely N-dealkylation sites (N-methyl/N-ethyl adjacent to an activating group) is 1. The molecular weight excluding hydrogens is 268 g/mol. The standard InChI is InChI=1S/C14H18N6O/c1-11-8-18(2)5-6-19(11)14(21)12-3-4-16-13(7-12)20-10-15-9-17-20/h3-4,7,9-11H,5-6,8H2,1-2H3. The van der Waals surface area contributed by atoms with Crippen LogP contribution in [0.5, 0.6) is 0 Å². The summed E-state index contributed by atoms with van der Waals surface area (Å²) in [6.07, 6.45) is 4.64. The van der Waals surface area contributed by atoms with Crippen molar-refractivity contribution < 1.29 is 4.79 Å². The van der Waals surface area contributed by atoms with Crippen LogP contribution in [-0.2, 0) is 0 Å². The number of rotatable bonds is 2. The van der Waals surface area contributed by atoms with Gasteiger partial charge in [-0.05, 0) is 26.1 Å². The fourth-order valence-electron chi connectivity index (χ4n) is 2.61. The van der Waals surface area contributed by atoms with Crippen LogP contribution in [0, 0.1) is 0 Å². The van der Waals surface area contributed by atoms with Crippen LogP contribution in [0.2, 0.25) is 0 Å². The highest BCUT2D eigenvalue weighted by Gasteiger charge is 2.26. The number of carbonyl (C=O) groups is 1. The van der Waals surface area contributed by atoms with E-state index in [2.05, 4.69) is 33.9 Å². The third-order valence-electron chi connectivity index (χ3n) is 3.74. The van der Waals surface area contributed by atoms with Crippen molar-refractivity contribution in [1.29, 1.82) is 0 Å². The quantitative estimate of drug-likeness (QED) is 0.801. The lowest BCUT2D eigenvalue weighted by atomic mass is 10.1. The summed E-state index contributed by atoms with van der Waals surface area (Å²) in [6.45, 7) is 4.62. The van der Waals surface area contributed by atoms with Crippen LogP contribution in [0.1, 0.15) is 17.3 Å². The Morgan fingerprint density at radius 1 is 1.38 bits per heavy atom. The van der Waals surface area contributed by atoms with Crippen LogP contribution >= 0.6 is 0 Å². The lowest BCUT2D eigenvalue weighted by molar-refractivity contribution is 0.0533. The van der Waals surface area contributed by atoms with Gasteiger partial charge in [0.25, 0.3) is 5.91 Å². The summed E-state index contributed by atoms with van der Waals surface area (Å²) in [5.74, 6) is 0.638. The van der Waals surface area contributed by atoms with Gasteiger partial charge < -0.3 is 9.80 Å². The predicted molar refractivity (Wildman–Crippen MR) is 77.1 cm³/mol. The monoisotopic (exact) mass is 286 g/mol. The molecule has 7 nitrogen and oxygen atoms in total. The number of piperazine rings is 1. The minimum atomic E-state index is 0.0411. The Labute approximate surface area is 123 Å². The zero-order valence-electron chi connectivity index (χ0n) is 12.2. The molecule has 110 valence electrons. The Hall–Kier alpha value is -2.28. The summed E-state index contributed by atoms with van der Waals surface area (Å²) in [5, 5.41) is 4.04. The van der Waals surface area contributed by atoms with E-state index in [1.165, 1.54) is 6.33 Å². The summed E-state index contributed by atoms with van der Waals surface area (Å²) < 4.78 is 1.55. The highest BCUT2D eigenvalue weighted by molar-refractivity contribution is 5.94. The van der Waals surface area contributed by atoms with E-state index in [0.717, 1.165) is 19.6 Å². The molecule has 0 N–H and O–H groups in total. The second kappa shape index (κ2) is 5.61. The largest absolute Gasteiger partial charge is 0.333 e. The molecule has 0 radical (unpaired) electrons. The van der Waals surface area contributed by atoms with E-state index in [0.29, 0.717) is 11.4 Å². The van der Waals surface area contributed by atoms with E-state index in [9.17, 15) is 4.79 Å². The molecule has 3 rings (SSSR count). The van der Waals surface area contributed by atoms with Gasteiger partial charge in [0.2, 0.25) is 0 Å². The minimum Gasteiger partial charge on any atom is -0.333 e. The Bertz CT molecular complexity index is 626. The maximum absolute atomic E-state index is 12.7. The molecule has 7 heteroatoms. The van der Waals surface area contributed by atoms with Gasteiger partial charge in [-0.25, -0.2) is 14.6 Å². The number of aromatic nitrogens is 4. The maximum atomic E-state index is 12.7. The summed E-state index contributed by atoms with van der Waals surface area (Å²) in [5.41, 5.74) is 0.631. The molecule has 1 amide bonds. The topological polar surface area (TPSA) is 67.2 Å². The van der Waals surface area contributed by atoms with Crippen LogP contribution in [-0.4, -0.2) is 68.2 Å². The third-order valence-corrected chi connectivity index (χ3v) is 3.74. The first kappa shape index (κ1) is 13.7. The average molecular weight is 286 g/mol. The van der Waals surface area contributed by atoms with Crippen molar-refractivity contribution in [2.24, 2.45) is 0 Å². The van der Waals surface area contributed by atoms with E-state index in [4.69, 9.17) is 0 Å². The normalized spacial score (nSPS) is 19.7. The van der Waals surface area contributed by atoms with Gasteiger partial charge in [-0.15, -0.1) is 0 Å². The Balaban J connectivity index is 1.83. The lowest BCUT2D eigenvalue weighted by Gasteiger charge is -2.38. The first-order valence-electron chi connectivity index (χ1n) is 6.95. The Morgan fingerprint density at radius 2 is 2.24 bits per heavy atom. The molecule has 2 aromatic heterocycles. The highest BCUT2D eigenvalue weighted by atomic mass is 16.2. The van der Waals surface area contributed by atoms with Crippen molar-refractivity contribution in [3.63, 3.8) is 0 Å². The molecular formula is C14H18N6O. The fourth-order valence-corrected chi connectivity index (χ4v) is 2.61. The van der Waals surface area contributed by atoms with Gasteiger partial charge in [-0.2, -0.15) is 5.10 Å². The fraction of sp³-hybridized carbons (Fsp3) is 0.429. The first-order chi connectivity index (χ1) is 10.1. The van der Waals surface area contributed by atoms with Crippen molar-refractivity contribution in [2.75, 3.05) is 26.7 Å². The van der Waals surface area contributed by atoms with E-state index < -0.39 is 0 Å². The summed E-state index contributed by atoms with van der Waals surface area (Å²) in [4.78, 5) is 24.9. The third kappa shape index (κ3) is 2.78. The van der Waals surface area contributed by atoms with Crippen LogP contribution in [0.25, 0.3) is 5.82 Å². The van der Waals surface area contributed by atoms with Gasteiger partial charge in [0, 0.05) is 37.4 Å². The Kier molecular flexibility index (Phi) is 3.66. The maximum Gasteiger partial charge on any atom is 0.254 e. The van der Waals surface area contributed by atoms with Crippen LogP contribution in [0.15, 0.2) is 31.0 Å². The van der Waals surface area contributed by atoms with Gasteiger partial charge in [-0.1, -0.05) is 0 Å². The number of nitrogens with zero attached hydrogens (tertiary/aromatic N) is 6. The number of hydrogen-bond acceptors (Lipinski definition) is 5. The zero-order chi connectivity index (χ0) is 14.8. The molecule has 0 aliphatic carbocycles. The molecule has 1 aliphatic rings. The number of hydrogen-bond donors (Lipinski definition) is 0. The minimum absolute atomic E-state index is 0.0411. The molecule has 1 atom stereocenters. The van der Waals surface area contributed by atoms with Gasteiger partial charge in [-0.3, -0.25) is 4.79 Å². The van der Waals surface area contributed by atoms with Crippen molar-refractivity contribution in [3.8, 4) is 5.82 Å². The van der Waals surface area contributed by atoms with Crippen LogP contribution in [0.3, 0.4) is 0 Å². The summed E-state index contributed by atoms with van der Waals surface area (Å²) >= 11 is 0. The van der Waals surface area contributed by atoms with Crippen molar-refractivity contribution in [2.45, 2.75) is 13.0 Å². The predicted octanol–water partition coefficient (Wildman–Crippen LogP) is 0.438. The van der Waals surface area contributed by atoms with Crippen LogP contribution < -0.4 is 0 Å². The molecule has 0 saturated carbocycles. The van der Waals surface area contributed by atoms with Gasteiger partial charge in [0.05, 0.1) is 0 Å². The average Bonchev–Trinajstić information content (AvgIpc) is 3.01. The smallest absolute Gasteiger partial charge is 0.254 e. The second-order valence-corrected chi connectivity index (χ2v) is 5.35. The van der Waals surface area contributed by atoms with Crippen LogP contribution in [0.4, 0.5) is 0 Å². The molecule has 0 spiro atoms. The second-order valence-electron chi connectivity index (χ2n) is 5.35. The molecule has 0 bridgehead atoms. The summed E-state index contributed by atoms with van der Waals surface area (Å²) in [6, 6.07) is 3.70. The first-order valence-corrected chi connectivity index (χ1v) is 6.95. The molecule has 2 aromatic rings. The van der Waals surface area contributed by atoms with E-state index >= 15 is 0 Å². The number of pyridine rings is 1. The van der Waals surface area contributed by atoms with Crippen molar-refractivity contribution in [1.82, 2.24) is 29.5 Å². The molecule has 21 heavy (non-hydrogen) atoms.